The highest BCUT2D eigenvalue weighted by Gasteiger charge is 2.31. The number of benzene rings is 3. The van der Waals surface area contributed by atoms with E-state index in [-0.39, 0.29) is 18.2 Å². The quantitative estimate of drug-likeness (QED) is 0.431. The van der Waals surface area contributed by atoms with Gasteiger partial charge in [0, 0.05) is 22.8 Å². The standard InChI is InChI=1S/C25H21ClFN3O2/c1-28-15-22(31)30(18-9-3-2-4-10-18)24(16-7-5-8-17(27)13-16)20-14-21(26)19-11-6-12-29-23(19)25(20)32/h2-14,24,28,32H,15H2,1H3. The SMILES string of the molecule is CNCC(=O)N(c1ccccc1)C(c1cccc(F)c1)c1cc(Cl)c2cccnc2c1O. The summed E-state index contributed by atoms with van der Waals surface area (Å²) in [7, 11) is 1.67. The Balaban J connectivity index is 2.02. The molecule has 32 heavy (non-hydrogen) atoms. The summed E-state index contributed by atoms with van der Waals surface area (Å²) in [6, 6.07) is 19.3. The minimum Gasteiger partial charge on any atom is -0.505 e. The molecule has 1 atom stereocenters. The fourth-order valence-electron chi connectivity index (χ4n) is 3.82. The van der Waals surface area contributed by atoms with Crippen molar-refractivity contribution in [1.29, 1.82) is 0 Å². The fourth-order valence-corrected chi connectivity index (χ4v) is 4.09. The summed E-state index contributed by atoms with van der Waals surface area (Å²) in [6.07, 6.45) is 1.56. The molecule has 0 aliphatic rings. The molecule has 0 radical (unpaired) electrons. The van der Waals surface area contributed by atoms with E-state index in [1.807, 2.05) is 18.2 Å². The molecule has 0 aliphatic carbocycles. The zero-order valence-corrected chi connectivity index (χ0v) is 18.1. The van der Waals surface area contributed by atoms with Crippen molar-refractivity contribution in [2.24, 2.45) is 0 Å². The number of aromatic hydroxyl groups is 1. The van der Waals surface area contributed by atoms with Crippen LogP contribution in [0.3, 0.4) is 0 Å². The Hall–Kier alpha value is -3.48. The van der Waals surface area contributed by atoms with Crippen LogP contribution in [0, 0.1) is 5.82 Å². The third-order valence-corrected chi connectivity index (χ3v) is 5.51. The largest absolute Gasteiger partial charge is 0.505 e. The first-order chi connectivity index (χ1) is 15.5. The molecule has 0 bridgehead atoms. The van der Waals surface area contributed by atoms with Crippen LogP contribution in [0.25, 0.3) is 10.9 Å². The number of anilines is 1. The van der Waals surface area contributed by atoms with Crippen molar-refractivity contribution in [2.45, 2.75) is 6.04 Å². The Labute approximate surface area is 190 Å². The van der Waals surface area contributed by atoms with Gasteiger partial charge in [-0.1, -0.05) is 41.9 Å². The number of halogens is 2. The monoisotopic (exact) mass is 449 g/mol. The molecule has 0 saturated heterocycles. The highest BCUT2D eigenvalue weighted by atomic mass is 35.5. The number of carbonyl (C=O) groups excluding carboxylic acids is 1. The maximum Gasteiger partial charge on any atom is 0.241 e. The highest BCUT2D eigenvalue weighted by molar-refractivity contribution is 6.35. The Kier molecular flexibility index (Phi) is 6.35. The van der Waals surface area contributed by atoms with E-state index < -0.39 is 11.9 Å². The van der Waals surface area contributed by atoms with Gasteiger partial charge in [-0.3, -0.25) is 14.7 Å². The number of carbonyl (C=O) groups is 1. The van der Waals surface area contributed by atoms with Crippen LogP contribution in [0.15, 0.2) is 79.0 Å². The lowest BCUT2D eigenvalue weighted by Gasteiger charge is -2.33. The number of fused-ring (bicyclic) bond motifs is 1. The van der Waals surface area contributed by atoms with E-state index in [0.29, 0.717) is 32.7 Å². The van der Waals surface area contributed by atoms with Crippen molar-refractivity contribution in [2.75, 3.05) is 18.5 Å². The molecule has 0 spiro atoms. The smallest absolute Gasteiger partial charge is 0.241 e. The van der Waals surface area contributed by atoms with E-state index in [4.69, 9.17) is 11.6 Å². The van der Waals surface area contributed by atoms with Crippen LogP contribution in [-0.2, 0) is 4.79 Å². The molecular formula is C25H21ClFN3O2. The summed E-state index contributed by atoms with van der Waals surface area (Å²) in [5.74, 6) is -0.826. The number of likely N-dealkylation sites (N-methyl/N-ethyl adjacent to an activating group) is 1. The van der Waals surface area contributed by atoms with Crippen LogP contribution in [0.2, 0.25) is 5.02 Å². The Morgan fingerprint density at radius 2 is 1.91 bits per heavy atom. The number of hydrogen-bond donors (Lipinski definition) is 2. The lowest BCUT2D eigenvalue weighted by atomic mass is 9.94. The van der Waals surface area contributed by atoms with Gasteiger partial charge in [-0.15, -0.1) is 0 Å². The van der Waals surface area contributed by atoms with Gasteiger partial charge in [0.25, 0.3) is 0 Å². The maximum absolute atomic E-state index is 14.3. The van der Waals surface area contributed by atoms with Crippen molar-refractivity contribution in [1.82, 2.24) is 10.3 Å². The first kappa shape index (κ1) is 21.7. The van der Waals surface area contributed by atoms with E-state index in [9.17, 15) is 14.3 Å². The van der Waals surface area contributed by atoms with Gasteiger partial charge >= 0.3 is 0 Å². The molecular weight excluding hydrogens is 429 g/mol. The molecule has 1 unspecified atom stereocenters. The third kappa shape index (κ3) is 4.15. The van der Waals surface area contributed by atoms with Crippen molar-refractivity contribution in [3.05, 3.63) is 101 Å². The second-order valence-electron chi connectivity index (χ2n) is 7.28. The predicted octanol–water partition coefficient (Wildman–Crippen LogP) is 5.07. The second-order valence-corrected chi connectivity index (χ2v) is 7.69. The van der Waals surface area contributed by atoms with E-state index >= 15 is 0 Å². The zero-order valence-electron chi connectivity index (χ0n) is 17.3. The van der Waals surface area contributed by atoms with Gasteiger partial charge in [0.05, 0.1) is 17.6 Å². The summed E-state index contributed by atoms with van der Waals surface area (Å²) in [5, 5.41) is 15.0. The molecule has 3 aromatic carbocycles. The van der Waals surface area contributed by atoms with Gasteiger partial charge in [0.2, 0.25) is 5.91 Å². The first-order valence-corrected chi connectivity index (χ1v) is 10.4. The lowest BCUT2D eigenvalue weighted by Crippen LogP contribution is -2.40. The van der Waals surface area contributed by atoms with E-state index in [0.717, 1.165) is 0 Å². The number of nitrogens with zero attached hydrogens (tertiary/aromatic N) is 2. The minimum absolute atomic E-state index is 0.0427. The number of aromatic nitrogens is 1. The van der Waals surface area contributed by atoms with Crippen LogP contribution in [0.4, 0.5) is 10.1 Å². The van der Waals surface area contributed by atoms with Crippen molar-refractivity contribution in [3.8, 4) is 5.75 Å². The summed E-state index contributed by atoms with van der Waals surface area (Å²) >= 11 is 6.55. The minimum atomic E-state index is -0.849. The first-order valence-electron chi connectivity index (χ1n) is 10.0. The Bertz CT molecular complexity index is 1270. The molecule has 2 N–H and O–H groups in total. The van der Waals surface area contributed by atoms with Gasteiger partial charge in [0.15, 0.2) is 0 Å². The number of phenolic OH excluding ortho intramolecular Hbond substituents is 1. The number of pyridine rings is 1. The van der Waals surface area contributed by atoms with Crippen LogP contribution in [-0.4, -0.2) is 29.6 Å². The number of hydrogen-bond acceptors (Lipinski definition) is 4. The van der Waals surface area contributed by atoms with Gasteiger partial charge in [0.1, 0.15) is 17.1 Å². The Morgan fingerprint density at radius 3 is 2.62 bits per heavy atom. The topological polar surface area (TPSA) is 65.5 Å². The van der Waals surface area contributed by atoms with Crippen LogP contribution >= 0.6 is 11.6 Å². The van der Waals surface area contributed by atoms with Crippen LogP contribution < -0.4 is 10.2 Å². The Morgan fingerprint density at radius 1 is 1.12 bits per heavy atom. The fraction of sp³-hybridized carbons (Fsp3) is 0.120. The number of amides is 1. The van der Waals surface area contributed by atoms with Crippen molar-refractivity contribution in [3.63, 3.8) is 0 Å². The zero-order chi connectivity index (χ0) is 22.7. The number of rotatable bonds is 6. The van der Waals surface area contributed by atoms with Gasteiger partial charge in [-0.05, 0) is 55.1 Å². The number of phenols is 1. The van der Waals surface area contributed by atoms with Crippen LogP contribution in [0.5, 0.6) is 5.75 Å². The predicted molar refractivity (Wildman–Crippen MR) is 125 cm³/mol. The van der Waals surface area contributed by atoms with E-state index in [1.165, 1.54) is 17.0 Å². The molecule has 1 aromatic heterocycles. The molecule has 162 valence electrons. The molecule has 0 saturated carbocycles. The van der Waals surface area contributed by atoms with Gasteiger partial charge in [-0.25, -0.2) is 4.39 Å². The summed E-state index contributed by atoms with van der Waals surface area (Å²) < 4.78 is 14.3. The molecule has 7 heteroatoms. The van der Waals surface area contributed by atoms with Crippen LogP contribution in [0.1, 0.15) is 17.2 Å². The average Bonchev–Trinajstić information content (AvgIpc) is 2.81. The van der Waals surface area contributed by atoms with E-state index in [1.54, 1.807) is 55.7 Å². The molecule has 4 aromatic rings. The normalized spacial score (nSPS) is 12.0. The second kappa shape index (κ2) is 9.34. The summed E-state index contributed by atoms with van der Waals surface area (Å²) in [6.45, 7) is 0.0427. The maximum atomic E-state index is 14.3. The number of para-hydroxylation sites is 1. The van der Waals surface area contributed by atoms with Crippen molar-refractivity contribution < 1.29 is 14.3 Å². The summed E-state index contributed by atoms with van der Waals surface area (Å²) in [5.41, 5.74) is 1.74. The molecule has 1 amide bonds. The molecule has 0 aliphatic heterocycles. The third-order valence-electron chi connectivity index (χ3n) is 5.19. The molecule has 5 nitrogen and oxygen atoms in total. The van der Waals surface area contributed by atoms with Gasteiger partial charge in [-0.2, -0.15) is 0 Å². The molecule has 1 heterocycles. The average molecular weight is 450 g/mol. The van der Waals surface area contributed by atoms with Gasteiger partial charge < -0.3 is 10.4 Å². The molecule has 0 fully saturated rings. The number of nitrogens with one attached hydrogen (secondary N) is 1. The van der Waals surface area contributed by atoms with Crippen molar-refractivity contribution >= 4 is 34.1 Å². The summed E-state index contributed by atoms with van der Waals surface area (Å²) in [4.78, 5) is 19.1. The lowest BCUT2D eigenvalue weighted by molar-refractivity contribution is -0.118. The van der Waals surface area contributed by atoms with E-state index in [2.05, 4.69) is 10.3 Å². The molecule has 4 rings (SSSR count). The highest BCUT2D eigenvalue weighted by Crippen LogP contribution is 2.42.